The molecule has 0 aliphatic carbocycles. The van der Waals surface area contributed by atoms with E-state index in [-0.39, 0.29) is 23.6 Å². The van der Waals surface area contributed by atoms with Crippen molar-refractivity contribution in [1.29, 1.82) is 0 Å². The minimum atomic E-state index is -0.352. The van der Waals surface area contributed by atoms with E-state index in [1.54, 1.807) is 12.3 Å². The Hall–Kier alpha value is -3.04. The summed E-state index contributed by atoms with van der Waals surface area (Å²) in [7, 11) is 0. The van der Waals surface area contributed by atoms with E-state index < -0.39 is 0 Å². The molecule has 0 aliphatic heterocycles. The van der Waals surface area contributed by atoms with E-state index >= 15 is 0 Å². The number of amides is 1. The molecule has 0 saturated carbocycles. The minimum absolute atomic E-state index is 0.178. The number of pyridine rings is 1. The Morgan fingerprint density at radius 2 is 1.90 bits per heavy atom. The van der Waals surface area contributed by atoms with Crippen molar-refractivity contribution in [2.75, 3.05) is 5.32 Å². The number of fused-ring (bicyclic) bond motifs is 1. The van der Waals surface area contributed by atoms with Gasteiger partial charge in [-0.05, 0) is 72.0 Å². The third-order valence-corrected chi connectivity index (χ3v) is 5.27. The highest BCUT2D eigenvalue weighted by Crippen LogP contribution is 2.22. The Morgan fingerprint density at radius 1 is 1.17 bits per heavy atom. The molecule has 0 radical (unpaired) electrons. The largest absolute Gasteiger partial charge is 0.436 e. The van der Waals surface area contributed by atoms with Crippen molar-refractivity contribution in [1.82, 2.24) is 4.98 Å². The Bertz CT molecular complexity index is 1280. The van der Waals surface area contributed by atoms with Gasteiger partial charge in [0.25, 0.3) is 5.91 Å². The first-order valence-electron chi connectivity index (χ1n) is 9.25. The standard InChI is InChI=1S/C23H18IN3O3/c1-14-21-19(15(13-28)12-25-14)11-20(22(29)26-18-9-7-16(24)8-10-18)23(30-21)27-17-5-3-2-4-6-17/h2-12,28H,13H2,1H3,(H,26,29). The summed E-state index contributed by atoms with van der Waals surface area (Å²) in [6.45, 7) is 1.59. The van der Waals surface area contributed by atoms with Crippen LogP contribution in [0, 0.1) is 10.5 Å². The molecule has 0 spiro atoms. The quantitative estimate of drug-likeness (QED) is 0.389. The maximum atomic E-state index is 13.1. The van der Waals surface area contributed by atoms with Crippen molar-refractivity contribution < 1.29 is 14.3 Å². The summed E-state index contributed by atoms with van der Waals surface area (Å²) in [5.41, 5.74) is 3.49. The molecule has 0 aliphatic rings. The molecule has 2 aromatic carbocycles. The lowest BCUT2D eigenvalue weighted by Crippen LogP contribution is -2.22. The first-order chi connectivity index (χ1) is 14.5. The zero-order valence-corrected chi connectivity index (χ0v) is 18.3. The van der Waals surface area contributed by atoms with Crippen LogP contribution in [-0.2, 0) is 6.61 Å². The van der Waals surface area contributed by atoms with Crippen molar-refractivity contribution in [3.8, 4) is 0 Å². The van der Waals surface area contributed by atoms with E-state index in [0.29, 0.717) is 33.6 Å². The molecule has 0 bridgehead atoms. The predicted molar refractivity (Wildman–Crippen MR) is 123 cm³/mol. The van der Waals surface area contributed by atoms with Crippen LogP contribution in [0.2, 0.25) is 0 Å². The zero-order valence-electron chi connectivity index (χ0n) is 16.1. The fourth-order valence-electron chi connectivity index (χ4n) is 3.01. The summed E-state index contributed by atoms with van der Waals surface area (Å²) < 4.78 is 7.12. The second kappa shape index (κ2) is 8.76. The van der Waals surface area contributed by atoms with Crippen LogP contribution < -0.4 is 10.9 Å². The molecular formula is C23H18IN3O3. The van der Waals surface area contributed by atoms with Gasteiger partial charge in [-0.1, -0.05) is 18.2 Å². The van der Waals surface area contributed by atoms with E-state index in [0.717, 1.165) is 3.57 Å². The molecule has 0 atom stereocenters. The molecule has 30 heavy (non-hydrogen) atoms. The van der Waals surface area contributed by atoms with E-state index in [9.17, 15) is 9.90 Å². The molecule has 0 fully saturated rings. The van der Waals surface area contributed by atoms with Crippen LogP contribution in [0.15, 0.2) is 76.3 Å². The van der Waals surface area contributed by atoms with Gasteiger partial charge in [-0.2, -0.15) is 0 Å². The number of para-hydroxylation sites is 1. The normalized spacial score (nSPS) is 11.6. The number of nitrogens with one attached hydrogen (secondary N) is 1. The summed E-state index contributed by atoms with van der Waals surface area (Å²) in [6, 6.07) is 18.5. The number of aliphatic hydroxyl groups is 1. The van der Waals surface area contributed by atoms with Crippen LogP contribution in [-0.4, -0.2) is 16.0 Å². The highest BCUT2D eigenvalue weighted by Gasteiger charge is 2.16. The Balaban J connectivity index is 1.90. The smallest absolute Gasteiger partial charge is 0.261 e. The number of carbonyl (C=O) groups excluding carboxylic acids is 1. The number of aryl methyl sites for hydroxylation is 1. The van der Waals surface area contributed by atoms with Crippen molar-refractivity contribution in [3.05, 3.63) is 92.8 Å². The molecule has 7 heteroatoms. The molecule has 6 nitrogen and oxygen atoms in total. The summed E-state index contributed by atoms with van der Waals surface area (Å²) in [4.78, 5) is 22.0. The number of aromatic nitrogens is 1. The lowest BCUT2D eigenvalue weighted by atomic mass is 10.1. The van der Waals surface area contributed by atoms with Gasteiger partial charge in [0.1, 0.15) is 5.56 Å². The topological polar surface area (TPSA) is 87.7 Å². The van der Waals surface area contributed by atoms with Crippen LogP contribution >= 0.6 is 22.6 Å². The lowest BCUT2D eigenvalue weighted by Gasteiger charge is -2.10. The first-order valence-corrected chi connectivity index (χ1v) is 10.3. The highest BCUT2D eigenvalue weighted by atomic mass is 127. The summed E-state index contributed by atoms with van der Waals surface area (Å²) in [6.07, 6.45) is 1.59. The van der Waals surface area contributed by atoms with Gasteiger partial charge in [0.2, 0.25) is 5.55 Å². The van der Waals surface area contributed by atoms with Gasteiger partial charge < -0.3 is 14.8 Å². The molecule has 4 rings (SSSR count). The second-order valence-electron chi connectivity index (χ2n) is 6.64. The van der Waals surface area contributed by atoms with Gasteiger partial charge in [0.15, 0.2) is 5.58 Å². The summed E-state index contributed by atoms with van der Waals surface area (Å²) >= 11 is 2.21. The Kier molecular flexibility index (Phi) is 5.91. The van der Waals surface area contributed by atoms with E-state index in [1.165, 1.54) is 0 Å². The number of aliphatic hydroxyl groups excluding tert-OH is 1. The van der Waals surface area contributed by atoms with Gasteiger partial charge in [-0.3, -0.25) is 9.78 Å². The molecule has 2 N–H and O–H groups in total. The zero-order chi connectivity index (χ0) is 21.1. The third kappa shape index (κ3) is 4.27. The molecule has 2 aromatic heterocycles. The lowest BCUT2D eigenvalue weighted by molar-refractivity contribution is 0.102. The average molecular weight is 511 g/mol. The number of benzene rings is 2. The summed E-state index contributed by atoms with van der Waals surface area (Å²) in [5.74, 6) is -0.352. The molecule has 150 valence electrons. The predicted octanol–water partition coefficient (Wildman–Crippen LogP) is 4.72. The number of hydrogen-bond acceptors (Lipinski definition) is 5. The number of halogens is 1. The van der Waals surface area contributed by atoms with Crippen molar-refractivity contribution >= 4 is 50.8 Å². The Morgan fingerprint density at radius 3 is 2.60 bits per heavy atom. The van der Waals surface area contributed by atoms with E-state index in [2.05, 4.69) is 37.9 Å². The maximum absolute atomic E-state index is 13.1. The van der Waals surface area contributed by atoms with Crippen LogP contribution in [0.5, 0.6) is 0 Å². The van der Waals surface area contributed by atoms with Gasteiger partial charge in [0.05, 0.1) is 18.0 Å². The van der Waals surface area contributed by atoms with E-state index in [4.69, 9.17) is 4.42 Å². The minimum Gasteiger partial charge on any atom is -0.436 e. The monoisotopic (exact) mass is 511 g/mol. The van der Waals surface area contributed by atoms with Crippen LogP contribution in [0.25, 0.3) is 11.0 Å². The molecule has 4 aromatic rings. The fourth-order valence-corrected chi connectivity index (χ4v) is 3.37. The number of nitrogens with zero attached hydrogens (tertiary/aromatic N) is 2. The van der Waals surface area contributed by atoms with Crippen LogP contribution in [0.1, 0.15) is 21.6 Å². The fraction of sp³-hybridized carbons (Fsp3) is 0.0870. The second-order valence-corrected chi connectivity index (χ2v) is 7.89. The third-order valence-electron chi connectivity index (χ3n) is 4.55. The maximum Gasteiger partial charge on any atom is 0.261 e. The number of rotatable bonds is 4. The summed E-state index contributed by atoms with van der Waals surface area (Å²) in [5, 5.41) is 13.2. The SMILES string of the molecule is Cc1ncc(CO)c2cc(C(=O)Nc3ccc(I)cc3)c(=Nc3ccccc3)oc12. The number of anilines is 1. The molecule has 0 unspecified atom stereocenters. The number of hydrogen-bond donors (Lipinski definition) is 2. The molecule has 2 heterocycles. The number of carbonyl (C=O) groups is 1. The molecule has 1 amide bonds. The molecule has 0 saturated heterocycles. The van der Waals surface area contributed by atoms with Crippen molar-refractivity contribution in [3.63, 3.8) is 0 Å². The van der Waals surface area contributed by atoms with Crippen molar-refractivity contribution in [2.45, 2.75) is 13.5 Å². The van der Waals surface area contributed by atoms with Gasteiger partial charge in [0, 0.05) is 26.4 Å². The van der Waals surface area contributed by atoms with Gasteiger partial charge in [-0.15, -0.1) is 0 Å². The Labute approximate surface area is 186 Å². The average Bonchev–Trinajstić information content (AvgIpc) is 2.76. The highest BCUT2D eigenvalue weighted by molar-refractivity contribution is 14.1. The van der Waals surface area contributed by atoms with Crippen LogP contribution in [0.3, 0.4) is 0 Å². The first kappa shape index (κ1) is 20.2. The van der Waals surface area contributed by atoms with Crippen molar-refractivity contribution in [2.24, 2.45) is 4.99 Å². The van der Waals surface area contributed by atoms with Gasteiger partial charge in [-0.25, -0.2) is 4.99 Å². The van der Waals surface area contributed by atoms with Gasteiger partial charge >= 0.3 is 0 Å². The van der Waals surface area contributed by atoms with Crippen LogP contribution in [0.4, 0.5) is 11.4 Å². The molecular weight excluding hydrogens is 493 g/mol. The van der Waals surface area contributed by atoms with E-state index in [1.807, 2.05) is 61.5 Å².